The fourth-order valence-electron chi connectivity index (χ4n) is 1.59. The van der Waals surface area contributed by atoms with Gasteiger partial charge in [-0.3, -0.25) is 0 Å². The van der Waals surface area contributed by atoms with Gasteiger partial charge in [0.25, 0.3) is 0 Å². The second-order valence-electron chi connectivity index (χ2n) is 5.20. The summed E-state index contributed by atoms with van der Waals surface area (Å²) >= 11 is 0. The molecular formula is C15H31NOZr. The SMILES string of the molecule is C=C(NC(O)C(C)(C)C)[C-]1CCCC1.[CH3-].[CH3-].[CH3-].[Zr+4]. The van der Waals surface area contributed by atoms with Crippen LogP contribution in [0.15, 0.2) is 12.3 Å². The molecule has 2 nitrogen and oxygen atoms in total. The number of aliphatic hydroxyl groups excluding tert-OH is 1. The standard InChI is InChI=1S/C12H22NO.3CH3.Zr/c1-9(10-7-5-6-8-10)13-11(14)12(2,3)4;;;;/h11,13-14H,1,5-8H2,2-4H3;3*1H3;/q4*-1;+4. The quantitative estimate of drug-likeness (QED) is 0.606. The van der Waals surface area contributed by atoms with Crippen LogP contribution in [-0.4, -0.2) is 11.3 Å². The minimum Gasteiger partial charge on any atom is -0.394 e. The van der Waals surface area contributed by atoms with E-state index < -0.39 is 6.23 Å². The van der Waals surface area contributed by atoms with Crippen LogP contribution >= 0.6 is 0 Å². The van der Waals surface area contributed by atoms with Crippen LogP contribution in [0, 0.1) is 33.6 Å². The molecule has 0 heterocycles. The Bertz CT molecular complexity index is 205. The predicted octanol–water partition coefficient (Wildman–Crippen LogP) is 3.95. The molecule has 3 heteroatoms. The Labute approximate surface area is 135 Å². The Morgan fingerprint density at radius 2 is 1.56 bits per heavy atom. The second kappa shape index (κ2) is 11.1. The molecule has 0 aromatic carbocycles. The first-order chi connectivity index (χ1) is 6.41. The van der Waals surface area contributed by atoms with Gasteiger partial charge in [-0.1, -0.05) is 46.5 Å². The summed E-state index contributed by atoms with van der Waals surface area (Å²) in [5.74, 6) is 1.38. The third-order valence-corrected chi connectivity index (χ3v) is 2.77. The van der Waals surface area contributed by atoms with E-state index in [-0.39, 0.29) is 53.9 Å². The summed E-state index contributed by atoms with van der Waals surface area (Å²) in [7, 11) is 0. The molecule has 1 fully saturated rings. The van der Waals surface area contributed by atoms with Gasteiger partial charge in [-0.25, -0.2) is 6.58 Å². The normalized spacial score (nSPS) is 15.2. The van der Waals surface area contributed by atoms with E-state index in [4.69, 9.17) is 0 Å². The van der Waals surface area contributed by atoms with Crippen molar-refractivity contribution in [2.45, 2.75) is 52.7 Å². The van der Waals surface area contributed by atoms with Crippen molar-refractivity contribution in [2.24, 2.45) is 5.41 Å². The van der Waals surface area contributed by atoms with Crippen molar-refractivity contribution in [1.29, 1.82) is 0 Å². The number of nitrogens with one attached hydrogen (secondary N) is 1. The Morgan fingerprint density at radius 3 is 1.89 bits per heavy atom. The zero-order valence-corrected chi connectivity index (χ0v) is 15.5. The Balaban J connectivity index is -0.000000245. The van der Waals surface area contributed by atoms with Crippen LogP contribution in [0.2, 0.25) is 0 Å². The smallest absolute Gasteiger partial charge is 0.394 e. The minimum absolute atomic E-state index is 0. The minimum atomic E-state index is -0.511. The van der Waals surface area contributed by atoms with Gasteiger partial charge in [0.2, 0.25) is 0 Å². The van der Waals surface area contributed by atoms with Gasteiger partial charge in [0, 0.05) is 5.41 Å². The van der Waals surface area contributed by atoms with Crippen molar-refractivity contribution in [1.82, 2.24) is 5.32 Å². The molecule has 1 aliphatic rings. The first-order valence-corrected chi connectivity index (χ1v) is 5.40. The van der Waals surface area contributed by atoms with E-state index in [0.29, 0.717) is 0 Å². The summed E-state index contributed by atoms with van der Waals surface area (Å²) in [6.07, 6.45) is 4.30. The predicted molar refractivity (Wildman–Crippen MR) is 78.7 cm³/mol. The van der Waals surface area contributed by atoms with Crippen molar-refractivity contribution < 1.29 is 31.3 Å². The molecule has 1 rings (SSSR count). The van der Waals surface area contributed by atoms with Gasteiger partial charge in [-0.15, -0.1) is 5.70 Å². The van der Waals surface area contributed by atoms with E-state index in [1.807, 2.05) is 20.8 Å². The molecule has 0 aliphatic heterocycles. The summed E-state index contributed by atoms with van der Waals surface area (Å²) < 4.78 is 0. The first-order valence-electron chi connectivity index (χ1n) is 5.40. The molecule has 106 valence electrons. The van der Waals surface area contributed by atoms with Crippen LogP contribution < -0.4 is 5.32 Å². The zero-order chi connectivity index (χ0) is 10.8. The van der Waals surface area contributed by atoms with Crippen LogP contribution in [-0.2, 0) is 26.2 Å². The number of hydrogen-bond acceptors (Lipinski definition) is 2. The molecule has 1 aliphatic carbocycles. The molecule has 0 bridgehead atoms. The molecule has 0 saturated heterocycles. The number of hydrogen-bond donors (Lipinski definition) is 2. The van der Waals surface area contributed by atoms with Gasteiger partial charge in [-0.2, -0.15) is 5.92 Å². The third-order valence-electron chi connectivity index (χ3n) is 2.77. The van der Waals surface area contributed by atoms with E-state index >= 15 is 0 Å². The number of allylic oxidation sites excluding steroid dienone is 1. The van der Waals surface area contributed by atoms with Crippen LogP contribution in [0.5, 0.6) is 0 Å². The molecule has 1 atom stereocenters. The monoisotopic (exact) mass is 331 g/mol. The Hall–Kier alpha value is 0.253. The van der Waals surface area contributed by atoms with E-state index in [1.54, 1.807) is 0 Å². The van der Waals surface area contributed by atoms with E-state index in [9.17, 15) is 5.11 Å². The van der Waals surface area contributed by atoms with Crippen LogP contribution in [0.3, 0.4) is 0 Å². The molecular weight excluding hydrogens is 301 g/mol. The van der Waals surface area contributed by atoms with Crippen LogP contribution in [0.4, 0.5) is 0 Å². The molecule has 18 heavy (non-hydrogen) atoms. The zero-order valence-electron chi connectivity index (χ0n) is 13.1. The number of rotatable bonds is 3. The fourth-order valence-corrected chi connectivity index (χ4v) is 1.59. The summed E-state index contributed by atoms with van der Waals surface area (Å²) in [4.78, 5) is 0. The van der Waals surface area contributed by atoms with Gasteiger partial charge < -0.3 is 32.7 Å². The van der Waals surface area contributed by atoms with Gasteiger partial charge in [0.1, 0.15) is 6.23 Å². The average Bonchev–Trinajstić information content (AvgIpc) is 2.53. The van der Waals surface area contributed by atoms with Crippen molar-refractivity contribution >= 4 is 0 Å². The van der Waals surface area contributed by atoms with Crippen LogP contribution in [0.25, 0.3) is 0 Å². The molecule has 0 amide bonds. The maximum atomic E-state index is 9.83. The summed E-state index contributed by atoms with van der Waals surface area (Å²) in [6.45, 7) is 10.0. The van der Waals surface area contributed by atoms with E-state index in [2.05, 4.69) is 11.9 Å². The van der Waals surface area contributed by atoms with Crippen molar-refractivity contribution in [3.8, 4) is 0 Å². The molecule has 0 radical (unpaired) electrons. The topological polar surface area (TPSA) is 32.3 Å². The van der Waals surface area contributed by atoms with E-state index in [1.165, 1.54) is 18.8 Å². The maximum absolute atomic E-state index is 9.83. The largest absolute Gasteiger partial charge is 4.00 e. The molecule has 0 aromatic rings. The van der Waals surface area contributed by atoms with Crippen molar-refractivity contribution in [3.05, 3.63) is 40.5 Å². The summed E-state index contributed by atoms with van der Waals surface area (Å²) in [5.41, 5.74) is 0.798. The Morgan fingerprint density at radius 1 is 1.17 bits per heavy atom. The van der Waals surface area contributed by atoms with Gasteiger partial charge in [0.15, 0.2) is 0 Å². The molecule has 0 aromatic heterocycles. The first kappa shape index (κ1) is 26.7. The van der Waals surface area contributed by atoms with E-state index in [0.717, 1.165) is 18.5 Å². The van der Waals surface area contributed by atoms with Gasteiger partial charge in [0.05, 0.1) is 0 Å². The van der Waals surface area contributed by atoms with Crippen molar-refractivity contribution in [3.63, 3.8) is 0 Å². The molecule has 2 N–H and O–H groups in total. The van der Waals surface area contributed by atoms with Crippen molar-refractivity contribution in [2.75, 3.05) is 0 Å². The maximum Gasteiger partial charge on any atom is 4.00 e. The van der Waals surface area contributed by atoms with Crippen LogP contribution in [0.1, 0.15) is 46.5 Å². The fraction of sp³-hybridized carbons (Fsp3) is 0.600. The Kier molecular flexibility index (Phi) is 16.5. The van der Waals surface area contributed by atoms with Gasteiger partial charge in [-0.05, 0) is 0 Å². The second-order valence-corrected chi connectivity index (χ2v) is 5.20. The molecule has 1 saturated carbocycles. The number of aliphatic hydroxyl groups is 1. The molecule has 1 unspecified atom stereocenters. The third kappa shape index (κ3) is 8.37. The van der Waals surface area contributed by atoms with Gasteiger partial charge >= 0.3 is 26.2 Å². The molecule has 0 spiro atoms. The summed E-state index contributed by atoms with van der Waals surface area (Å²) in [6, 6.07) is 0. The summed E-state index contributed by atoms with van der Waals surface area (Å²) in [5, 5.41) is 12.9. The average molecular weight is 333 g/mol.